The molecule has 7 nitrogen and oxygen atoms in total. The molecule has 0 spiro atoms. The molecule has 0 aliphatic heterocycles. The van der Waals surface area contributed by atoms with Gasteiger partial charge in [0.2, 0.25) is 5.91 Å². The first kappa shape index (κ1) is 24.2. The van der Waals surface area contributed by atoms with Crippen molar-refractivity contribution >= 4 is 23.9 Å². The van der Waals surface area contributed by atoms with Gasteiger partial charge in [-0.2, -0.15) is 0 Å². The van der Waals surface area contributed by atoms with Crippen LogP contribution in [0, 0.1) is 11.3 Å². The molecule has 0 aromatic heterocycles. The van der Waals surface area contributed by atoms with Crippen LogP contribution in [0.2, 0.25) is 0 Å². The number of amides is 1. The molecule has 0 aliphatic carbocycles. The lowest BCUT2D eigenvalue weighted by Gasteiger charge is -2.25. The van der Waals surface area contributed by atoms with Crippen molar-refractivity contribution in [1.82, 2.24) is 5.32 Å². The van der Waals surface area contributed by atoms with Crippen LogP contribution in [-0.4, -0.2) is 48.2 Å². The van der Waals surface area contributed by atoms with Gasteiger partial charge in [0.1, 0.15) is 12.1 Å². The Hall–Kier alpha value is -1.76. The van der Waals surface area contributed by atoms with Crippen LogP contribution >= 0.6 is 0 Å². The first-order valence-electron chi connectivity index (χ1n) is 9.26. The molecule has 2 N–H and O–H groups in total. The largest absolute Gasteiger partial charge is 0.461 e. The van der Waals surface area contributed by atoms with Gasteiger partial charge >= 0.3 is 5.97 Å². The average molecular weight is 370 g/mol. The fourth-order valence-corrected chi connectivity index (χ4v) is 2.36. The van der Waals surface area contributed by atoms with E-state index in [0.29, 0.717) is 12.8 Å². The van der Waals surface area contributed by atoms with Gasteiger partial charge in [0.25, 0.3) is 0 Å². The summed E-state index contributed by atoms with van der Waals surface area (Å²) in [5.41, 5.74) is 0. The van der Waals surface area contributed by atoms with E-state index in [9.17, 15) is 14.4 Å². The highest BCUT2D eigenvalue weighted by molar-refractivity contribution is 6.26. The minimum absolute atomic E-state index is 0.115. The third-order valence-corrected chi connectivity index (χ3v) is 3.44. The van der Waals surface area contributed by atoms with Crippen molar-refractivity contribution in [2.45, 2.75) is 91.6 Å². The summed E-state index contributed by atoms with van der Waals surface area (Å²) >= 11 is 0. The van der Waals surface area contributed by atoms with Crippen LogP contribution < -0.4 is 5.32 Å². The van der Waals surface area contributed by atoms with Crippen LogP contribution in [0.3, 0.4) is 0 Å². The highest BCUT2D eigenvalue weighted by Crippen LogP contribution is 2.13. The second-order valence-corrected chi connectivity index (χ2v) is 7.35. The maximum atomic E-state index is 12.6. The van der Waals surface area contributed by atoms with E-state index in [2.05, 4.69) is 5.32 Å². The molecular weight excluding hydrogens is 336 g/mol. The summed E-state index contributed by atoms with van der Waals surface area (Å²) in [6.07, 6.45) is 1.05. The summed E-state index contributed by atoms with van der Waals surface area (Å²) in [5, 5.41) is 9.64. The van der Waals surface area contributed by atoms with E-state index in [4.69, 9.17) is 14.9 Å². The van der Waals surface area contributed by atoms with Crippen molar-refractivity contribution in [3.05, 3.63) is 0 Å². The SMILES string of the molecule is CC(C)C[C@H](OC(C)C)C(=O)N[C@@H](CCCC(=O)C=N)C(=O)OC(C)C. The monoisotopic (exact) mass is 370 g/mol. The molecule has 150 valence electrons. The summed E-state index contributed by atoms with van der Waals surface area (Å²) in [6, 6.07) is -0.839. The maximum Gasteiger partial charge on any atom is 0.328 e. The fourth-order valence-electron chi connectivity index (χ4n) is 2.36. The van der Waals surface area contributed by atoms with E-state index < -0.39 is 18.1 Å². The molecule has 0 fully saturated rings. The topological polar surface area (TPSA) is 106 Å². The van der Waals surface area contributed by atoms with E-state index in [1.807, 2.05) is 27.7 Å². The Bertz CT molecular complexity index is 465. The molecule has 7 heteroatoms. The van der Waals surface area contributed by atoms with Crippen LogP contribution in [0.1, 0.15) is 67.2 Å². The third-order valence-electron chi connectivity index (χ3n) is 3.44. The first-order chi connectivity index (χ1) is 12.1. The van der Waals surface area contributed by atoms with Crippen molar-refractivity contribution in [3.63, 3.8) is 0 Å². The standard InChI is InChI=1S/C19H34N2O5/c1-12(2)10-17(25-13(3)4)18(23)21-16(19(24)26-14(5)6)9-7-8-15(22)11-20/h11-14,16-17,20H,7-10H2,1-6H3,(H,21,23)/t16-,17-/m0/s1. The van der Waals surface area contributed by atoms with Gasteiger partial charge in [-0.15, -0.1) is 0 Å². The molecule has 0 aromatic carbocycles. The average Bonchev–Trinajstić information content (AvgIpc) is 2.51. The zero-order chi connectivity index (χ0) is 20.3. The van der Waals surface area contributed by atoms with Gasteiger partial charge < -0.3 is 20.2 Å². The van der Waals surface area contributed by atoms with Crippen LogP contribution in [0.25, 0.3) is 0 Å². The Morgan fingerprint density at radius 2 is 1.65 bits per heavy atom. The highest BCUT2D eigenvalue weighted by atomic mass is 16.5. The van der Waals surface area contributed by atoms with Gasteiger partial charge in [-0.05, 0) is 52.9 Å². The molecule has 0 rings (SSSR count). The lowest BCUT2D eigenvalue weighted by molar-refractivity contribution is -0.153. The quantitative estimate of drug-likeness (QED) is 0.383. The molecular formula is C19H34N2O5. The van der Waals surface area contributed by atoms with Crippen molar-refractivity contribution < 1.29 is 23.9 Å². The van der Waals surface area contributed by atoms with Gasteiger partial charge in [0.15, 0.2) is 5.78 Å². The molecule has 0 heterocycles. The van der Waals surface area contributed by atoms with Crippen molar-refractivity contribution in [1.29, 1.82) is 5.41 Å². The van der Waals surface area contributed by atoms with Crippen LogP contribution in [0.4, 0.5) is 0 Å². The van der Waals surface area contributed by atoms with Gasteiger partial charge in [-0.1, -0.05) is 13.8 Å². The molecule has 0 bridgehead atoms. The number of ether oxygens (including phenoxy) is 2. The molecule has 1 amide bonds. The smallest absolute Gasteiger partial charge is 0.328 e. The number of carbonyl (C=O) groups excluding carboxylic acids is 3. The highest BCUT2D eigenvalue weighted by Gasteiger charge is 2.28. The molecule has 0 radical (unpaired) electrons. The molecule has 0 saturated carbocycles. The Kier molecular flexibility index (Phi) is 11.7. The van der Waals surface area contributed by atoms with Crippen LogP contribution in [0.5, 0.6) is 0 Å². The molecule has 26 heavy (non-hydrogen) atoms. The Labute approximate surface area is 156 Å². The summed E-state index contributed by atoms with van der Waals surface area (Å²) in [4.78, 5) is 36.2. The van der Waals surface area contributed by atoms with E-state index >= 15 is 0 Å². The number of rotatable bonds is 13. The van der Waals surface area contributed by atoms with Gasteiger partial charge in [0.05, 0.1) is 18.4 Å². The van der Waals surface area contributed by atoms with E-state index in [0.717, 1.165) is 6.21 Å². The summed E-state index contributed by atoms with van der Waals surface area (Å²) in [7, 11) is 0. The summed E-state index contributed by atoms with van der Waals surface area (Å²) in [5.74, 6) is -0.927. The van der Waals surface area contributed by atoms with Crippen LogP contribution in [0.15, 0.2) is 0 Å². The second-order valence-electron chi connectivity index (χ2n) is 7.35. The van der Waals surface area contributed by atoms with Crippen LogP contribution in [-0.2, 0) is 23.9 Å². The normalized spacial score (nSPS) is 13.6. The first-order valence-corrected chi connectivity index (χ1v) is 9.26. The zero-order valence-corrected chi connectivity index (χ0v) is 16.8. The van der Waals surface area contributed by atoms with Gasteiger partial charge in [-0.3, -0.25) is 9.59 Å². The molecule has 0 aromatic rings. The number of Topliss-reactive ketones (excluding diaryl/α,β-unsaturated/α-hetero) is 1. The maximum absolute atomic E-state index is 12.6. The summed E-state index contributed by atoms with van der Waals surface area (Å²) < 4.78 is 10.9. The Morgan fingerprint density at radius 3 is 2.12 bits per heavy atom. The van der Waals surface area contributed by atoms with Crippen molar-refractivity contribution in [2.24, 2.45) is 5.92 Å². The number of ketones is 1. The zero-order valence-electron chi connectivity index (χ0n) is 16.8. The summed E-state index contributed by atoms with van der Waals surface area (Å²) in [6.45, 7) is 11.2. The van der Waals surface area contributed by atoms with Crippen molar-refractivity contribution in [2.75, 3.05) is 0 Å². The van der Waals surface area contributed by atoms with E-state index in [1.54, 1.807) is 13.8 Å². The Balaban J connectivity index is 5.02. The third kappa shape index (κ3) is 11.0. The fraction of sp³-hybridized carbons (Fsp3) is 0.789. The predicted octanol–water partition coefficient (Wildman–Crippen LogP) is 2.65. The molecule has 0 aliphatic rings. The number of carbonyl (C=O) groups is 3. The Morgan fingerprint density at radius 1 is 1.04 bits per heavy atom. The number of hydrogen-bond donors (Lipinski definition) is 2. The molecule has 2 atom stereocenters. The lowest BCUT2D eigenvalue weighted by atomic mass is 10.0. The predicted molar refractivity (Wildman–Crippen MR) is 100 cm³/mol. The molecule has 0 unspecified atom stereocenters. The van der Waals surface area contributed by atoms with E-state index in [1.165, 1.54) is 0 Å². The molecule has 0 saturated heterocycles. The van der Waals surface area contributed by atoms with Gasteiger partial charge in [-0.25, -0.2) is 4.79 Å². The van der Waals surface area contributed by atoms with Gasteiger partial charge in [0, 0.05) is 6.42 Å². The minimum atomic E-state index is -0.839. The van der Waals surface area contributed by atoms with E-state index in [-0.39, 0.29) is 42.7 Å². The van der Waals surface area contributed by atoms with Crippen molar-refractivity contribution in [3.8, 4) is 0 Å². The minimum Gasteiger partial charge on any atom is -0.461 e. The number of esters is 1. The lowest BCUT2D eigenvalue weighted by Crippen LogP contribution is -2.48. The number of nitrogens with one attached hydrogen (secondary N) is 2. The second kappa shape index (κ2) is 12.6. The number of hydrogen-bond acceptors (Lipinski definition) is 6.